The van der Waals surface area contributed by atoms with Crippen molar-refractivity contribution in [2.45, 2.75) is 25.3 Å². The maximum Gasteiger partial charge on any atom is 0.262 e. The summed E-state index contributed by atoms with van der Waals surface area (Å²) in [5.74, 6) is 0.544. The molecule has 0 bridgehead atoms. The number of rotatable bonds is 6. The van der Waals surface area contributed by atoms with Crippen LogP contribution in [0.5, 0.6) is 5.75 Å². The summed E-state index contributed by atoms with van der Waals surface area (Å²) in [5.41, 5.74) is 2.41. The van der Waals surface area contributed by atoms with Gasteiger partial charge in [0.2, 0.25) is 5.91 Å². The van der Waals surface area contributed by atoms with Crippen LogP contribution in [0.3, 0.4) is 0 Å². The zero-order valence-corrected chi connectivity index (χ0v) is 17.8. The number of hydrogen-bond acceptors (Lipinski definition) is 4. The van der Waals surface area contributed by atoms with E-state index in [0.29, 0.717) is 17.2 Å². The number of carbonyl (C=O) groups is 2. The Hall–Kier alpha value is -2.86. The molecule has 1 aliphatic heterocycles. The summed E-state index contributed by atoms with van der Waals surface area (Å²) in [4.78, 5) is 27.0. The van der Waals surface area contributed by atoms with Crippen molar-refractivity contribution >= 4 is 29.1 Å². The highest BCUT2D eigenvalue weighted by molar-refractivity contribution is 6.34. The second-order valence-corrected chi connectivity index (χ2v) is 8.10. The third-order valence-corrected chi connectivity index (χ3v) is 5.85. The second kappa shape index (κ2) is 8.48. The lowest BCUT2D eigenvalue weighted by atomic mass is 9.97. The van der Waals surface area contributed by atoms with E-state index in [0.717, 1.165) is 29.7 Å². The van der Waals surface area contributed by atoms with E-state index < -0.39 is 0 Å². The van der Waals surface area contributed by atoms with Crippen LogP contribution in [0.4, 0.5) is 0 Å². The lowest BCUT2D eigenvalue weighted by Crippen LogP contribution is -2.39. The molecule has 0 saturated heterocycles. The van der Waals surface area contributed by atoms with Crippen LogP contribution >= 0.6 is 11.6 Å². The molecule has 1 fully saturated rings. The van der Waals surface area contributed by atoms with Gasteiger partial charge in [0, 0.05) is 35.5 Å². The molecule has 7 heteroatoms. The molecule has 30 heavy (non-hydrogen) atoms. The van der Waals surface area contributed by atoms with Gasteiger partial charge in [-0.1, -0.05) is 48.0 Å². The van der Waals surface area contributed by atoms with Crippen molar-refractivity contribution in [3.63, 3.8) is 0 Å². The van der Waals surface area contributed by atoms with Gasteiger partial charge in [-0.2, -0.15) is 5.10 Å². The molecular weight excluding hydrogens is 402 g/mol. The molecule has 1 heterocycles. The second-order valence-electron chi connectivity index (χ2n) is 7.70. The molecule has 2 amide bonds. The number of carbonyl (C=O) groups excluding carboxylic acids is 2. The first kappa shape index (κ1) is 20.4. The van der Waals surface area contributed by atoms with E-state index in [-0.39, 0.29) is 30.3 Å². The van der Waals surface area contributed by atoms with Crippen LogP contribution in [0.25, 0.3) is 0 Å². The van der Waals surface area contributed by atoms with Crippen molar-refractivity contribution in [1.29, 1.82) is 0 Å². The van der Waals surface area contributed by atoms with Gasteiger partial charge in [0.25, 0.3) is 5.91 Å². The Morgan fingerprint density at radius 1 is 1.17 bits per heavy atom. The minimum Gasteiger partial charge on any atom is -0.496 e. The summed E-state index contributed by atoms with van der Waals surface area (Å²) >= 11 is 6.39. The van der Waals surface area contributed by atoms with Crippen molar-refractivity contribution in [2.75, 3.05) is 20.7 Å². The summed E-state index contributed by atoms with van der Waals surface area (Å²) in [6.07, 6.45) is 2.32. The largest absolute Gasteiger partial charge is 0.496 e. The highest BCUT2D eigenvalue weighted by atomic mass is 35.5. The molecule has 0 spiro atoms. The van der Waals surface area contributed by atoms with Crippen molar-refractivity contribution in [3.8, 4) is 5.75 Å². The Kier molecular flexibility index (Phi) is 5.77. The highest BCUT2D eigenvalue weighted by Gasteiger charge is 2.37. The van der Waals surface area contributed by atoms with Gasteiger partial charge >= 0.3 is 0 Å². The number of para-hydroxylation sites is 1. The van der Waals surface area contributed by atoms with Crippen molar-refractivity contribution in [3.05, 3.63) is 64.7 Å². The van der Waals surface area contributed by atoms with Gasteiger partial charge < -0.3 is 9.64 Å². The van der Waals surface area contributed by atoms with Gasteiger partial charge in [0.15, 0.2) is 0 Å². The fraction of sp³-hybridized carbons (Fsp3) is 0.348. The van der Waals surface area contributed by atoms with Crippen LogP contribution in [0, 0.1) is 5.92 Å². The van der Waals surface area contributed by atoms with Crippen LogP contribution in [0.2, 0.25) is 5.02 Å². The summed E-state index contributed by atoms with van der Waals surface area (Å²) in [7, 11) is 3.28. The maximum absolute atomic E-state index is 13.2. The van der Waals surface area contributed by atoms with Crippen molar-refractivity contribution in [1.82, 2.24) is 9.91 Å². The maximum atomic E-state index is 13.2. The topological polar surface area (TPSA) is 62.2 Å². The average molecular weight is 426 g/mol. The average Bonchev–Trinajstić information content (AvgIpc) is 3.51. The van der Waals surface area contributed by atoms with Gasteiger partial charge in [-0.15, -0.1) is 0 Å². The molecule has 2 aromatic rings. The minimum absolute atomic E-state index is 0.0136. The Morgan fingerprint density at radius 2 is 1.87 bits per heavy atom. The van der Waals surface area contributed by atoms with Crippen molar-refractivity contribution < 1.29 is 14.3 Å². The van der Waals surface area contributed by atoms with Crippen LogP contribution in [0.15, 0.2) is 53.6 Å². The standard InChI is InChI=1S/C23H24ClN3O3/c1-26(23(29)15-11-12-15)14-22(28)27-20(17-8-4-6-10-21(17)30-2)13-19(25-27)16-7-3-5-9-18(16)24/h3-10,15,20H,11-14H2,1-2H3. The normalized spacial score (nSPS) is 18.2. The predicted molar refractivity (Wildman–Crippen MR) is 116 cm³/mol. The first-order valence-electron chi connectivity index (χ1n) is 10.0. The Labute approximate surface area is 181 Å². The lowest BCUT2D eigenvalue weighted by molar-refractivity contribution is -0.141. The fourth-order valence-corrected chi connectivity index (χ4v) is 4.02. The van der Waals surface area contributed by atoms with Gasteiger partial charge in [-0.3, -0.25) is 9.59 Å². The molecule has 1 aliphatic carbocycles. The molecule has 156 valence electrons. The number of ether oxygens (including phenoxy) is 1. The quantitative estimate of drug-likeness (QED) is 0.705. The van der Waals surface area contributed by atoms with Gasteiger partial charge in [0.1, 0.15) is 12.3 Å². The third-order valence-electron chi connectivity index (χ3n) is 5.52. The lowest BCUT2D eigenvalue weighted by Gasteiger charge is -2.26. The first-order chi connectivity index (χ1) is 14.5. The van der Waals surface area contributed by atoms with E-state index in [1.165, 1.54) is 9.91 Å². The molecule has 1 saturated carbocycles. The van der Waals surface area contributed by atoms with E-state index in [2.05, 4.69) is 5.10 Å². The third kappa shape index (κ3) is 4.05. The number of likely N-dealkylation sites (N-methyl/N-ethyl adjacent to an activating group) is 1. The Balaban J connectivity index is 1.65. The number of nitrogens with zero attached hydrogens (tertiary/aromatic N) is 3. The van der Waals surface area contributed by atoms with Crippen molar-refractivity contribution in [2.24, 2.45) is 11.0 Å². The van der Waals surface area contributed by atoms with Gasteiger partial charge in [0.05, 0.1) is 18.9 Å². The molecule has 0 N–H and O–H groups in total. The number of hydrazone groups is 1. The number of halogens is 1. The number of amides is 2. The zero-order chi connectivity index (χ0) is 21.3. The summed E-state index contributed by atoms with van der Waals surface area (Å²) in [6.45, 7) is -0.0136. The smallest absolute Gasteiger partial charge is 0.262 e. The number of hydrogen-bond donors (Lipinski definition) is 0. The molecule has 6 nitrogen and oxygen atoms in total. The highest BCUT2D eigenvalue weighted by Crippen LogP contribution is 2.38. The van der Waals surface area contributed by atoms with E-state index in [9.17, 15) is 9.59 Å². The molecule has 2 aliphatic rings. The summed E-state index contributed by atoms with van der Waals surface area (Å²) in [5, 5.41) is 6.72. The Morgan fingerprint density at radius 3 is 2.57 bits per heavy atom. The van der Waals surface area contributed by atoms with Crippen LogP contribution < -0.4 is 4.74 Å². The number of benzene rings is 2. The fourth-order valence-electron chi connectivity index (χ4n) is 3.78. The van der Waals surface area contributed by atoms with E-state index >= 15 is 0 Å². The SMILES string of the molecule is COc1ccccc1C1CC(c2ccccc2Cl)=NN1C(=O)CN(C)C(=O)C1CC1. The van der Waals surface area contributed by atoms with Crippen LogP contribution in [-0.4, -0.2) is 48.1 Å². The molecule has 2 aromatic carbocycles. The molecule has 1 unspecified atom stereocenters. The van der Waals surface area contributed by atoms with Gasteiger partial charge in [-0.05, 0) is 25.0 Å². The molecule has 4 rings (SSSR count). The first-order valence-corrected chi connectivity index (χ1v) is 10.4. The predicted octanol–water partition coefficient (Wildman–Crippen LogP) is 3.89. The Bertz CT molecular complexity index is 1000. The number of methoxy groups -OCH3 is 1. The minimum atomic E-state index is -0.329. The molecular formula is C23H24ClN3O3. The molecule has 1 atom stereocenters. The molecule has 0 radical (unpaired) electrons. The van der Waals surface area contributed by atoms with Crippen LogP contribution in [-0.2, 0) is 9.59 Å². The van der Waals surface area contributed by atoms with E-state index in [4.69, 9.17) is 16.3 Å². The van der Waals surface area contributed by atoms with Gasteiger partial charge in [-0.25, -0.2) is 5.01 Å². The van der Waals surface area contributed by atoms with E-state index in [1.54, 1.807) is 14.2 Å². The summed E-state index contributed by atoms with van der Waals surface area (Å²) in [6, 6.07) is 14.8. The monoisotopic (exact) mass is 425 g/mol. The van der Waals surface area contributed by atoms with Crippen LogP contribution in [0.1, 0.15) is 36.4 Å². The summed E-state index contributed by atoms with van der Waals surface area (Å²) < 4.78 is 5.53. The molecule has 0 aromatic heterocycles. The zero-order valence-electron chi connectivity index (χ0n) is 17.0. The van der Waals surface area contributed by atoms with E-state index in [1.807, 2.05) is 48.5 Å².